The van der Waals surface area contributed by atoms with Gasteiger partial charge in [-0.15, -0.1) is 0 Å². The molecule has 11 nitrogen and oxygen atoms in total. The van der Waals surface area contributed by atoms with Gasteiger partial charge < -0.3 is 18.6 Å². The number of ether oxygens (including phenoxy) is 3. The predicted octanol–water partition coefficient (Wildman–Crippen LogP) is 4.12. The number of allylic oxidation sites excluding steroid dienone is 1. The Labute approximate surface area is 241 Å². The Morgan fingerprint density at radius 1 is 1.19 bits per heavy atom. The van der Waals surface area contributed by atoms with Gasteiger partial charge in [-0.2, -0.15) is 4.39 Å². The summed E-state index contributed by atoms with van der Waals surface area (Å²) in [5, 5.41) is 11.2. The smallest absolute Gasteiger partial charge is 0.338 e. The lowest BCUT2D eigenvalue weighted by atomic mass is 9.95. The molecule has 13 heteroatoms. The van der Waals surface area contributed by atoms with Crippen LogP contribution in [0.3, 0.4) is 0 Å². The van der Waals surface area contributed by atoms with E-state index in [2.05, 4.69) is 4.99 Å². The van der Waals surface area contributed by atoms with Crippen molar-refractivity contribution in [2.75, 3.05) is 20.8 Å². The molecule has 0 bridgehead atoms. The van der Waals surface area contributed by atoms with Crippen molar-refractivity contribution in [1.82, 2.24) is 4.57 Å². The summed E-state index contributed by atoms with van der Waals surface area (Å²) in [6.45, 7) is 3.48. The number of nitro groups is 1. The minimum atomic E-state index is -0.962. The summed E-state index contributed by atoms with van der Waals surface area (Å²) < 4.78 is 37.6. The largest absolute Gasteiger partial charge is 0.497 e. The van der Waals surface area contributed by atoms with E-state index >= 15 is 0 Å². The molecule has 0 aliphatic carbocycles. The molecule has 5 rings (SSSR count). The Kier molecular flexibility index (Phi) is 7.77. The number of methoxy groups -OCH3 is 2. The molecule has 0 saturated heterocycles. The van der Waals surface area contributed by atoms with E-state index in [1.54, 1.807) is 44.2 Å². The number of hydrogen-bond donors (Lipinski definition) is 0. The summed E-state index contributed by atoms with van der Waals surface area (Å²) in [7, 11) is 2.99. The number of halogens is 1. The Morgan fingerprint density at radius 3 is 2.67 bits per heavy atom. The molecule has 1 atom stereocenters. The van der Waals surface area contributed by atoms with E-state index in [-0.39, 0.29) is 28.2 Å². The van der Waals surface area contributed by atoms with Crippen LogP contribution in [0, 0.1) is 15.9 Å². The van der Waals surface area contributed by atoms with Crippen molar-refractivity contribution < 1.29 is 32.7 Å². The molecule has 2 aromatic carbocycles. The molecular formula is C29H24FN3O8S. The highest BCUT2D eigenvalue weighted by molar-refractivity contribution is 7.07. The van der Waals surface area contributed by atoms with Gasteiger partial charge in [0.1, 0.15) is 29.1 Å². The summed E-state index contributed by atoms with van der Waals surface area (Å²) in [5.41, 5.74) is 0.233. The quantitative estimate of drug-likeness (QED) is 0.169. The number of benzene rings is 2. The number of carbonyl (C=O) groups is 1. The average molecular weight is 594 g/mol. The zero-order valence-electron chi connectivity index (χ0n) is 22.9. The van der Waals surface area contributed by atoms with Crippen molar-refractivity contribution in [2.45, 2.75) is 19.9 Å². The summed E-state index contributed by atoms with van der Waals surface area (Å²) in [6, 6.07) is 10.7. The minimum absolute atomic E-state index is 0.125. The molecule has 0 N–H and O–H groups in total. The van der Waals surface area contributed by atoms with Crippen LogP contribution in [0.4, 0.5) is 10.1 Å². The lowest BCUT2D eigenvalue weighted by molar-refractivity contribution is -0.387. The van der Waals surface area contributed by atoms with Crippen molar-refractivity contribution in [3.8, 4) is 22.8 Å². The van der Waals surface area contributed by atoms with Crippen LogP contribution in [0.15, 0.2) is 74.0 Å². The van der Waals surface area contributed by atoms with Gasteiger partial charge in [0, 0.05) is 23.3 Å². The first-order valence-corrected chi connectivity index (χ1v) is 13.4. The van der Waals surface area contributed by atoms with Gasteiger partial charge in [-0.3, -0.25) is 19.5 Å². The van der Waals surface area contributed by atoms with Gasteiger partial charge in [-0.25, -0.2) is 9.79 Å². The third kappa shape index (κ3) is 5.09. The molecule has 42 heavy (non-hydrogen) atoms. The summed E-state index contributed by atoms with van der Waals surface area (Å²) >= 11 is 1.09. The molecule has 216 valence electrons. The minimum Gasteiger partial charge on any atom is -0.497 e. The lowest BCUT2D eigenvalue weighted by Gasteiger charge is -2.26. The molecule has 0 spiro atoms. The number of aromatic nitrogens is 1. The van der Waals surface area contributed by atoms with Gasteiger partial charge in [-0.1, -0.05) is 11.3 Å². The number of rotatable bonds is 8. The normalized spacial score (nSPS) is 14.8. The summed E-state index contributed by atoms with van der Waals surface area (Å²) in [4.78, 5) is 42.3. The summed E-state index contributed by atoms with van der Waals surface area (Å²) in [5.74, 6) is -0.134. The maximum Gasteiger partial charge on any atom is 0.338 e. The molecule has 0 fully saturated rings. The fourth-order valence-corrected chi connectivity index (χ4v) is 5.69. The molecule has 2 aromatic heterocycles. The van der Waals surface area contributed by atoms with Gasteiger partial charge in [0.05, 0.1) is 41.6 Å². The van der Waals surface area contributed by atoms with Gasteiger partial charge >= 0.3 is 11.7 Å². The Hall–Kier alpha value is -5.04. The SMILES string of the molecule is CCOC(=O)C1=C(C)N=c2s/c(=C\c3ccc(-c4ccc(F)c([N+](=O)[O-])c4)o3)c(=O)n2[C@@H]1c1cc(OC)ccc1OC. The average Bonchev–Trinajstić information content (AvgIpc) is 3.56. The Bertz CT molecular complexity index is 1940. The second-order valence-electron chi connectivity index (χ2n) is 9.04. The molecule has 0 saturated carbocycles. The van der Waals surface area contributed by atoms with Crippen LogP contribution in [0.1, 0.15) is 31.2 Å². The van der Waals surface area contributed by atoms with E-state index in [1.807, 2.05) is 0 Å². The van der Waals surface area contributed by atoms with E-state index in [0.717, 1.165) is 23.5 Å². The topological polar surface area (TPSA) is 135 Å². The maximum atomic E-state index is 13.9. The highest BCUT2D eigenvalue weighted by atomic mass is 32.1. The lowest BCUT2D eigenvalue weighted by Crippen LogP contribution is -2.40. The van der Waals surface area contributed by atoms with E-state index in [4.69, 9.17) is 18.6 Å². The van der Waals surface area contributed by atoms with Gasteiger partial charge in [0.25, 0.3) is 5.56 Å². The molecule has 4 aromatic rings. The van der Waals surface area contributed by atoms with Crippen LogP contribution in [0.5, 0.6) is 11.5 Å². The molecule has 1 aliphatic heterocycles. The van der Waals surface area contributed by atoms with E-state index in [1.165, 1.54) is 30.9 Å². The first-order chi connectivity index (χ1) is 20.2. The maximum absolute atomic E-state index is 13.9. The van der Waals surface area contributed by atoms with Crippen LogP contribution in [-0.4, -0.2) is 36.3 Å². The zero-order valence-corrected chi connectivity index (χ0v) is 23.7. The Balaban J connectivity index is 1.66. The number of hydrogen-bond acceptors (Lipinski definition) is 10. The molecular weight excluding hydrogens is 569 g/mol. The highest BCUT2D eigenvalue weighted by Gasteiger charge is 2.35. The Morgan fingerprint density at radius 2 is 1.98 bits per heavy atom. The molecule has 3 heterocycles. The molecule has 0 amide bonds. The number of furan rings is 1. The van der Waals surface area contributed by atoms with Crippen molar-refractivity contribution in [3.63, 3.8) is 0 Å². The van der Waals surface area contributed by atoms with Crippen molar-refractivity contribution in [3.05, 3.63) is 107 Å². The number of esters is 1. The number of nitro benzene ring substituents is 1. The van der Waals surface area contributed by atoms with Gasteiger partial charge in [-0.05, 0) is 56.3 Å². The molecule has 0 radical (unpaired) electrons. The first-order valence-electron chi connectivity index (χ1n) is 12.6. The standard InChI is InChI=1S/C29H24FN3O8S/c1-5-40-28(35)25-15(2)31-29-32(26(25)19-13-17(38-3)7-11-23(19)39-4)27(34)24(42-29)14-18-8-10-22(41-18)16-6-9-20(30)21(12-16)33(36)37/h6-14,26H,5H2,1-4H3/b24-14-/t26-/m1/s1. The highest BCUT2D eigenvalue weighted by Crippen LogP contribution is 2.38. The third-order valence-corrected chi connectivity index (χ3v) is 7.56. The third-order valence-electron chi connectivity index (χ3n) is 6.58. The van der Waals surface area contributed by atoms with E-state index in [0.29, 0.717) is 33.1 Å². The number of carbonyl (C=O) groups excluding carboxylic acids is 1. The zero-order chi connectivity index (χ0) is 30.1. The number of nitrogens with zero attached hydrogens (tertiary/aromatic N) is 3. The second kappa shape index (κ2) is 11.4. The first kappa shape index (κ1) is 28.5. The number of thiazole rings is 1. The fraction of sp³-hybridized carbons (Fsp3) is 0.207. The van der Waals surface area contributed by atoms with Gasteiger partial charge in [0.2, 0.25) is 5.82 Å². The van der Waals surface area contributed by atoms with Crippen LogP contribution >= 0.6 is 11.3 Å². The number of fused-ring (bicyclic) bond motifs is 1. The van der Waals surface area contributed by atoms with Crippen LogP contribution in [0.2, 0.25) is 0 Å². The van der Waals surface area contributed by atoms with Crippen LogP contribution in [-0.2, 0) is 9.53 Å². The van der Waals surface area contributed by atoms with Crippen LogP contribution in [0.25, 0.3) is 17.4 Å². The fourth-order valence-electron chi connectivity index (χ4n) is 4.66. The van der Waals surface area contributed by atoms with Crippen molar-refractivity contribution >= 4 is 29.1 Å². The molecule has 0 unspecified atom stereocenters. The van der Waals surface area contributed by atoms with Gasteiger partial charge in [0.15, 0.2) is 4.80 Å². The second-order valence-corrected chi connectivity index (χ2v) is 10.0. The van der Waals surface area contributed by atoms with E-state index < -0.39 is 34.0 Å². The predicted molar refractivity (Wildman–Crippen MR) is 151 cm³/mol. The van der Waals surface area contributed by atoms with Crippen molar-refractivity contribution in [2.24, 2.45) is 4.99 Å². The monoisotopic (exact) mass is 593 g/mol. The van der Waals surface area contributed by atoms with E-state index in [9.17, 15) is 24.1 Å². The van der Waals surface area contributed by atoms with Crippen molar-refractivity contribution in [1.29, 1.82) is 0 Å². The molecule has 1 aliphatic rings. The van der Waals surface area contributed by atoms with Crippen LogP contribution < -0.4 is 24.4 Å². The summed E-state index contributed by atoms with van der Waals surface area (Å²) in [6.07, 6.45) is 1.51.